The predicted molar refractivity (Wildman–Crippen MR) is 110 cm³/mol. The standard InChI is InChI=1S/C21H20N4O4S/c1-3-17(19-22-12-18(23-19)13-7-5-4-6-8-13)24-30(28,29)14-9-10-15-16(11-14)21(27)25(2)20(15)26/h4-12,17,24H,3H2,1-2H3,(H,22,23). The number of aromatic nitrogens is 2. The summed E-state index contributed by atoms with van der Waals surface area (Å²) in [6.45, 7) is 1.84. The third-order valence-corrected chi connectivity index (χ3v) is 6.56. The Morgan fingerprint density at radius 1 is 1.07 bits per heavy atom. The van der Waals surface area contributed by atoms with Crippen LogP contribution in [0.4, 0.5) is 0 Å². The predicted octanol–water partition coefficient (Wildman–Crippen LogP) is 2.73. The van der Waals surface area contributed by atoms with Gasteiger partial charge in [0.15, 0.2) is 0 Å². The van der Waals surface area contributed by atoms with Gasteiger partial charge in [-0.05, 0) is 30.2 Å². The van der Waals surface area contributed by atoms with Crippen LogP contribution in [0.2, 0.25) is 0 Å². The lowest BCUT2D eigenvalue weighted by atomic mass is 10.1. The highest BCUT2D eigenvalue weighted by Crippen LogP contribution is 2.26. The van der Waals surface area contributed by atoms with Crippen molar-refractivity contribution in [1.82, 2.24) is 19.6 Å². The molecule has 1 unspecified atom stereocenters. The summed E-state index contributed by atoms with van der Waals surface area (Å²) in [6, 6.07) is 13.0. The van der Waals surface area contributed by atoms with Crippen LogP contribution in [0.15, 0.2) is 59.6 Å². The smallest absolute Gasteiger partial charge is 0.261 e. The molecule has 0 saturated heterocycles. The first-order chi connectivity index (χ1) is 14.3. The van der Waals surface area contributed by atoms with E-state index in [-0.39, 0.29) is 16.0 Å². The highest BCUT2D eigenvalue weighted by atomic mass is 32.2. The van der Waals surface area contributed by atoms with Crippen molar-refractivity contribution in [1.29, 1.82) is 0 Å². The number of carbonyl (C=O) groups excluding carboxylic acids is 2. The molecule has 0 spiro atoms. The van der Waals surface area contributed by atoms with Gasteiger partial charge in [-0.3, -0.25) is 14.5 Å². The van der Waals surface area contributed by atoms with Gasteiger partial charge < -0.3 is 4.98 Å². The number of sulfonamides is 1. The van der Waals surface area contributed by atoms with Gasteiger partial charge in [0.2, 0.25) is 10.0 Å². The Morgan fingerprint density at radius 2 is 1.77 bits per heavy atom. The minimum atomic E-state index is -3.95. The topological polar surface area (TPSA) is 112 Å². The van der Waals surface area contributed by atoms with Crippen LogP contribution in [0.3, 0.4) is 0 Å². The fourth-order valence-electron chi connectivity index (χ4n) is 3.37. The summed E-state index contributed by atoms with van der Waals surface area (Å²) >= 11 is 0. The van der Waals surface area contributed by atoms with Crippen LogP contribution in [0, 0.1) is 0 Å². The molecule has 0 radical (unpaired) electrons. The Hall–Kier alpha value is -3.30. The second-order valence-corrected chi connectivity index (χ2v) is 8.72. The summed E-state index contributed by atoms with van der Waals surface area (Å²) in [7, 11) is -2.58. The number of benzene rings is 2. The number of hydrogen-bond donors (Lipinski definition) is 2. The SMILES string of the molecule is CCC(NS(=O)(=O)c1ccc2c(c1)C(=O)N(C)C2=O)c1ncc(-c2ccccc2)[nH]1. The second-order valence-electron chi connectivity index (χ2n) is 7.01. The largest absolute Gasteiger partial charge is 0.341 e. The number of H-pyrrole nitrogens is 1. The molecule has 30 heavy (non-hydrogen) atoms. The zero-order chi connectivity index (χ0) is 21.5. The van der Waals surface area contributed by atoms with Gasteiger partial charge in [-0.15, -0.1) is 0 Å². The van der Waals surface area contributed by atoms with Crippen molar-refractivity contribution in [3.8, 4) is 11.3 Å². The van der Waals surface area contributed by atoms with Gasteiger partial charge in [0.25, 0.3) is 11.8 Å². The summed E-state index contributed by atoms with van der Waals surface area (Å²) in [5.41, 5.74) is 2.02. The highest BCUT2D eigenvalue weighted by molar-refractivity contribution is 7.89. The number of imidazole rings is 1. The molecule has 2 heterocycles. The molecule has 9 heteroatoms. The number of carbonyl (C=O) groups is 2. The average Bonchev–Trinajstić information content (AvgIpc) is 3.33. The van der Waals surface area contributed by atoms with Crippen LogP contribution in [0.1, 0.15) is 45.9 Å². The number of nitrogens with one attached hydrogen (secondary N) is 2. The molecular formula is C21H20N4O4S. The number of amides is 2. The molecule has 2 aromatic carbocycles. The Morgan fingerprint density at radius 3 is 2.47 bits per heavy atom. The van der Waals surface area contributed by atoms with E-state index in [1.807, 2.05) is 37.3 Å². The zero-order valence-electron chi connectivity index (χ0n) is 16.4. The second kappa shape index (κ2) is 7.51. The van der Waals surface area contributed by atoms with E-state index in [0.717, 1.165) is 16.2 Å². The Labute approximate surface area is 174 Å². The van der Waals surface area contributed by atoms with Gasteiger partial charge in [0, 0.05) is 7.05 Å². The van der Waals surface area contributed by atoms with Crippen LogP contribution in [-0.4, -0.2) is 42.1 Å². The van der Waals surface area contributed by atoms with Gasteiger partial charge in [0.05, 0.1) is 34.0 Å². The number of rotatable bonds is 6. The minimum Gasteiger partial charge on any atom is -0.341 e. The Bertz CT molecular complexity index is 1230. The molecule has 1 aliphatic rings. The number of nitrogens with zero attached hydrogens (tertiary/aromatic N) is 2. The summed E-state index contributed by atoms with van der Waals surface area (Å²) in [6.07, 6.45) is 2.13. The van der Waals surface area contributed by atoms with Crippen molar-refractivity contribution < 1.29 is 18.0 Å². The fraction of sp³-hybridized carbons (Fsp3) is 0.190. The van der Waals surface area contributed by atoms with Crippen LogP contribution in [0.25, 0.3) is 11.3 Å². The molecule has 1 aromatic heterocycles. The van der Waals surface area contributed by atoms with E-state index >= 15 is 0 Å². The van der Waals surface area contributed by atoms with Crippen molar-refractivity contribution in [3.05, 3.63) is 71.7 Å². The monoisotopic (exact) mass is 424 g/mol. The Balaban J connectivity index is 1.61. The van der Waals surface area contributed by atoms with E-state index in [1.54, 1.807) is 6.20 Å². The molecule has 1 atom stereocenters. The summed E-state index contributed by atoms with van der Waals surface area (Å²) in [4.78, 5) is 32.6. The van der Waals surface area contributed by atoms with Gasteiger partial charge >= 0.3 is 0 Å². The quantitative estimate of drug-likeness (QED) is 0.591. The van der Waals surface area contributed by atoms with Crippen LogP contribution in [0.5, 0.6) is 0 Å². The molecule has 2 amide bonds. The molecule has 2 N–H and O–H groups in total. The third kappa shape index (κ3) is 3.42. The Kier molecular flexibility index (Phi) is 5.00. The van der Waals surface area contributed by atoms with Gasteiger partial charge in [-0.2, -0.15) is 0 Å². The summed E-state index contributed by atoms with van der Waals surface area (Å²) in [5, 5.41) is 0. The van der Waals surface area contributed by atoms with E-state index in [4.69, 9.17) is 0 Å². The molecule has 4 rings (SSSR count). The van der Waals surface area contributed by atoms with Crippen LogP contribution in [-0.2, 0) is 10.0 Å². The summed E-state index contributed by atoms with van der Waals surface area (Å²) < 4.78 is 28.6. The van der Waals surface area contributed by atoms with Crippen molar-refractivity contribution in [2.75, 3.05) is 7.05 Å². The van der Waals surface area contributed by atoms with Crippen LogP contribution < -0.4 is 4.72 Å². The van der Waals surface area contributed by atoms with Gasteiger partial charge in [-0.1, -0.05) is 37.3 Å². The molecule has 0 saturated carbocycles. The number of imide groups is 1. The number of fused-ring (bicyclic) bond motifs is 1. The molecule has 3 aromatic rings. The normalized spacial score (nSPS) is 14.8. The van der Waals surface area contributed by atoms with Crippen LogP contribution >= 0.6 is 0 Å². The average molecular weight is 424 g/mol. The lowest BCUT2D eigenvalue weighted by molar-refractivity contribution is 0.0693. The molecule has 8 nitrogen and oxygen atoms in total. The molecule has 0 aliphatic carbocycles. The van der Waals surface area contributed by atoms with Gasteiger partial charge in [-0.25, -0.2) is 18.1 Å². The maximum Gasteiger partial charge on any atom is 0.261 e. The minimum absolute atomic E-state index is 0.0778. The van der Waals surface area contributed by atoms with Gasteiger partial charge in [0.1, 0.15) is 5.82 Å². The van der Waals surface area contributed by atoms with Crippen molar-refractivity contribution in [2.45, 2.75) is 24.3 Å². The number of hydrogen-bond acceptors (Lipinski definition) is 5. The van der Waals surface area contributed by atoms with Crippen molar-refractivity contribution >= 4 is 21.8 Å². The maximum atomic E-state index is 13.0. The molecule has 0 fully saturated rings. The first-order valence-corrected chi connectivity index (χ1v) is 10.9. The first kappa shape index (κ1) is 20.0. The van der Waals surface area contributed by atoms with E-state index < -0.39 is 27.9 Å². The van der Waals surface area contributed by atoms with E-state index in [0.29, 0.717) is 12.2 Å². The molecule has 1 aliphatic heterocycles. The third-order valence-electron chi connectivity index (χ3n) is 5.09. The lowest BCUT2D eigenvalue weighted by Crippen LogP contribution is -2.29. The maximum absolute atomic E-state index is 13.0. The van der Waals surface area contributed by atoms with E-state index in [2.05, 4.69) is 14.7 Å². The van der Waals surface area contributed by atoms with Crippen molar-refractivity contribution in [2.24, 2.45) is 0 Å². The highest BCUT2D eigenvalue weighted by Gasteiger charge is 2.34. The fourth-order valence-corrected chi connectivity index (χ4v) is 4.68. The van der Waals surface area contributed by atoms with E-state index in [1.165, 1.54) is 25.2 Å². The molecule has 0 bridgehead atoms. The lowest BCUT2D eigenvalue weighted by Gasteiger charge is -2.15. The molecule has 154 valence electrons. The zero-order valence-corrected chi connectivity index (χ0v) is 17.2. The number of aromatic amines is 1. The van der Waals surface area contributed by atoms with Crippen molar-refractivity contribution in [3.63, 3.8) is 0 Å². The first-order valence-electron chi connectivity index (χ1n) is 9.41. The molecular weight excluding hydrogens is 404 g/mol. The summed E-state index contributed by atoms with van der Waals surface area (Å²) in [5.74, 6) is -0.466. The van der Waals surface area contributed by atoms with E-state index in [9.17, 15) is 18.0 Å².